The quantitative estimate of drug-likeness (QED) is 0.750. The molecule has 90 valence electrons. The fourth-order valence-electron chi connectivity index (χ4n) is 1.62. The van der Waals surface area contributed by atoms with Crippen molar-refractivity contribution < 1.29 is 13.5 Å². The summed E-state index contributed by atoms with van der Waals surface area (Å²) in [5, 5.41) is 9.67. The molecule has 1 aliphatic carbocycles. The number of sulfonamides is 1. The van der Waals surface area contributed by atoms with Crippen LogP contribution < -0.4 is 4.72 Å². The summed E-state index contributed by atoms with van der Waals surface area (Å²) in [5.41, 5.74) is 0. The molecule has 0 bridgehead atoms. The Bertz CT molecular complexity index is 305. The van der Waals surface area contributed by atoms with Crippen LogP contribution in [0.3, 0.4) is 0 Å². The lowest BCUT2D eigenvalue weighted by atomic mass is 9.93. The highest BCUT2D eigenvalue weighted by Crippen LogP contribution is 2.21. The van der Waals surface area contributed by atoms with Gasteiger partial charge < -0.3 is 5.11 Å². The number of aliphatic hydroxyl groups excluding tert-OH is 1. The molecule has 0 saturated heterocycles. The van der Waals surface area contributed by atoms with Crippen LogP contribution in [0.15, 0.2) is 0 Å². The zero-order chi connectivity index (χ0) is 11.7. The third-order valence-corrected chi connectivity index (χ3v) is 5.07. The SMILES string of the molecule is CC(C)(C)S(=O)(=O)NC1CCCCC1O. The molecule has 0 aromatic carbocycles. The fourth-order valence-corrected chi connectivity index (χ4v) is 2.65. The molecule has 0 aromatic heterocycles. The summed E-state index contributed by atoms with van der Waals surface area (Å²) in [6, 6.07) is -0.303. The van der Waals surface area contributed by atoms with Crippen LogP contribution in [0.1, 0.15) is 46.5 Å². The molecule has 0 radical (unpaired) electrons. The largest absolute Gasteiger partial charge is 0.391 e. The lowest BCUT2D eigenvalue weighted by Crippen LogP contribution is -2.50. The first-order valence-electron chi connectivity index (χ1n) is 5.44. The first kappa shape index (κ1) is 12.9. The van der Waals surface area contributed by atoms with E-state index in [2.05, 4.69) is 4.72 Å². The summed E-state index contributed by atoms with van der Waals surface area (Å²) in [4.78, 5) is 0. The van der Waals surface area contributed by atoms with Gasteiger partial charge in [0.15, 0.2) is 0 Å². The third-order valence-electron chi connectivity index (χ3n) is 2.84. The maximum atomic E-state index is 11.8. The highest BCUT2D eigenvalue weighted by atomic mass is 32.2. The van der Waals surface area contributed by atoms with E-state index in [1.165, 1.54) is 0 Å². The molecular formula is C10H21NO3S. The molecule has 0 aromatic rings. The standard InChI is InChI=1S/C10H21NO3S/c1-10(2,3)15(13,14)11-8-6-4-5-7-9(8)12/h8-9,11-12H,4-7H2,1-3H3. The van der Waals surface area contributed by atoms with Crippen molar-refractivity contribution in [3.63, 3.8) is 0 Å². The van der Waals surface area contributed by atoms with Crippen LogP contribution >= 0.6 is 0 Å². The predicted molar refractivity (Wildman–Crippen MR) is 60.1 cm³/mol. The molecule has 15 heavy (non-hydrogen) atoms. The number of rotatable bonds is 2. The molecule has 0 spiro atoms. The van der Waals surface area contributed by atoms with Gasteiger partial charge in [0.05, 0.1) is 10.9 Å². The molecule has 4 nitrogen and oxygen atoms in total. The Morgan fingerprint density at radius 1 is 1.20 bits per heavy atom. The Balaban J connectivity index is 2.69. The van der Waals surface area contributed by atoms with Crippen molar-refractivity contribution in [3.05, 3.63) is 0 Å². The first-order chi connectivity index (χ1) is 6.74. The monoisotopic (exact) mass is 235 g/mol. The molecule has 1 aliphatic rings. The summed E-state index contributed by atoms with van der Waals surface area (Å²) in [6.07, 6.45) is 2.85. The fraction of sp³-hybridized carbons (Fsp3) is 1.00. The predicted octanol–water partition coefficient (Wildman–Crippen LogP) is 1.01. The lowest BCUT2D eigenvalue weighted by Gasteiger charge is -2.31. The van der Waals surface area contributed by atoms with E-state index in [4.69, 9.17) is 0 Å². The second-order valence-electron chi connectivity index (χ2n) is 5.19. The van der Waals surface area contributed by atoms with Crippen LogP contribution in [-0.4, -0.2) is 30.4 Å². The number of hydrogen-bond donors (Lipinski definition) is 2. The second-order valence-corrected chi connectivity index (χ2v) is 7.66. The van der Waals surface area contributed by atoms with Gasteiger partial charge in [-0.25, -0.2) is 13.1 Å². The normalized spacial score (nSPS) is 29.1. The minimum atomic E-state index is -3.34. The van der Waals surface area contributed by atoms with E-state index in [1.807, 2.05) is 0 Å². The van der Waals surface area contributed by atoms with Crippen LogP contribution in [-0.2, 0) is 10.0 Å². The van der Waals surface area contributed by atoms with Crippen molar-refractivity contribution >= 4 is 10.0 Å². The maximum Gasteiger partial charge on any atom is 0.216 e. The van der Waals surface area contributed by atoms with Gasteiger partial charge in [-0.1, -0.05) is 12.8 Å². The summed E-state index contributed by atoms with van der Waals surface area (Å²) in [6.45, 7) is 4.97. The smallest absolute Gasteiger partial charge is 0.216 e. The maximum absolute atomic E-state index is 11.8. The molecule has 1 saturated carbocycles. The molecular weight excluding hydrogens is 214 g/mol. The van der Waals surface area contributed by atoms with Gasteiger partial charge >= 0.3 is 0 Å². The van der Waals surface area contributed by atoms with Crippen LogP contribution in [0.5, 0.6) is 0 Å². The van der Waals surface area contributed by atoms with Crippen LogP contribution in [0, 0.1) is 0 Å². The van der Waals surface area contributed by atoms with Crippen molar-refractivity contribution in [1.82, 2.24) is 4.72 Å². The Morgan fingerprint density at radius 2 is 1.73 bits per heavy atom. The average molecular weight is 235 g/mol. The third kappa shape index (κ3) is 3.16. The van der Waals surface area contributed by atoms with E-state index in [9.17, 15) is 13.5 Å². The van der Waals surface area contributed by atoms with Gasteiger partial charge in [0, 0.05) is 6.04 Å². The molecule has 0 aliphatic heterocycles. The minimum absolute atomic E-state index is 0.303. The van der Waals surface area contributed by atoms with Crippen LogP contribution in [0.2, 0.25) is 0 Å². The lowest BCUT2D eigenvalue weighted by molar-refractivity contribution is 0.101. The zero-order valence-corrected chi connectivity index (χ0v) is 10.5. The van der Waals surface area contributed by atoms with Gasteiger partial charge in [-0.2, -0.15) is 0 Å². The Kier molecular flexibility index (Phi) is 3.79. The van der Waals surface area contributed by atoms with Gasteiger partial charge in [-0.3, -0.25) is 0 Å². The van der Waals surface area contributed by atoms with Gasteiger partial charge in [0.2, 0.25) is 10.0 Å². The van der Waals surface area contributed by atoms with E-state index in [0.717, 1.165) is 19.3 Å². The highest BCUT2D eigenvalue weighted by Gasteiger charge is 2.34. The van der Waals surface area contributed by atoms with Crippen molar-refractivity contribution in [3.8, 4) is 0 Å². The summed E-state index contributed by atoms with van der Waals surface area (Å²) in [5.74, 6) is 0. The zero-order valence-electron chi connectivity index (χ0n) is 9.66. The Hall–Kier alpha value is -0.130. The summed E-state index contributed by atoms with van der Waals surface area (Å²) < 4.78 is 25.5. The van der Waals surface area contributed by atoms with E-state index in [1.54, 1.807) is 20.8 Å². The van der Waals surface area contributed by atoms with E-state index in [0.29, 0.717) is 6.42 Å². The van der Waals surface area contributed by atoms with Gasteiger partial charge in [0.1, 0.15) is 0 Å². The van der Waals surface area contributed by atoms with Crippen molar-refractivity contribution in [2.75, 3.05) is 0 Å². The molecule has 5 heteroatoms. The number of nitrogens with one attached hydrogen (secondary N) is 1. The molecule has 1 rings (SSSR count). The van der Waals surface area contributed by atoms with Crippen LogP contribution in [0.25, 0.3) is 0 Å². The molecule has 2 atom stereocenters. The van der Waals surface area contributed by atoms with E-state index in [-0.39, 0.29) is 6.04 Å². The van der Waals surface area contributed by atoms with Crippen molar-refractivity contribution in [1.29, 1.82) is 0 Å². The molecule has 0 amide bonds. The van der Waals surface area contributed by atoms with Crippen molar-refractivity contribution in [2.24, 2.45) is 0 Å². The molecule has 0 heterocycles. The molecule has 2 N–H and O–H groups in total. The average Bonchev–Trinajstić information content (AvgIpc) is 2.06. The highest BCUT2D eigenvalue weighted by molar-refractivity contribution is 7.90. The molecule has 2 unspecified atom stereocenters. The number of aliphatic hydroxyl groups is 1. The number of hydrogen-bond acceptors (Lipinski definition) is 3. The Labute approximate surface area is 92.1 Å². The first-order valence-corrected chi connectivity index (χ1v) is 6.92. The van der Waals surface area contributed by atoms with E-state index < -0.39 is 20.9 Å². The minimum Gasteiger partial charge on any atom is -0.391 e. The van der Waals surface area contributed by atoms with Crippen molar-refractivity contribution in [2.45, 2.75) is 63.3 Å². The summed E-state index contributed by atoms with van der Waals surface area (Å²) >= 11 is 0. The van der Waals surface area contributed by atoms with Gasteiger partial charge in [-0.05, 0) is 33.6 Å². The summed E-state index contributed by atoms with van der Waals surface area (Å²) in [7, 11) is -3.34. The van der Waals surface area contributed by atoms with Gasteiger partial charge in [0.25, 0.3) is 0 Å². The Morgan fingerprint density at radius 3 is 2.20 bits per heavy atom. The van der Waals surface area contributed by atoms with Gasteiger partial charge in [-0.15, -0.1) is 0 Å². The molecule has 1 fully saturated rings. The van der Waals surface area contributed by atoms with E-state index >= 15 is 0 Å². The topological polar surface area (TPSA) is 66.4 Å². The second kappa shape index (κ2) is 4.39. The van der Waals surface area contributed by atoms with Crippen LogP contribution in [0.4, 0.5) is 0 Å².